The molecule has 28 heavy (non-hydrogen) atoms. The van der Waals surface area contributed by atoms with Crippen LogP contribution in [0.1, 0.15) is 42.5 Å². The Morgan fingerprint density at radius 2 is 1.96 bits per heavy atom. The van der Waals surface area contributed by atoms with Crippen LogP contribution in [0.3, 0.4) is 0 Å². The number of benzene rings is 1. The summed E-state index contributed by atoms with van der Waals surface area (Å²) in [6.45, 7) is 8.11. The van der Waals surface area contributed by atoms with Crippen molar-refractivity contribution in [2.24, 2.45) is 0 Å². The van der Waals surface area contributed by atoms with Gasteiger partial charge in [0.1, 0.15) is 11.4 Å². The highest BCUT2D eigenvalue weighted by molar-refractivity contribution is 6.04. The Morgan fingerprint density at radius 3 is 2.71 bits per heavy atom. The second kappa shape index (κ2) is 6.64. The van der Waals surface area contributed by atoms with Crippen LogP contribution in [0, 0.1) is 6.92 Å². The van der Waals surface area contributed by atoms with E-state index in [0.717, 1.165) is 28.2 Å². The number of rotatable bonds is 3. The van der Waals surface area contributed by atoms with Gasteiger partial charge in [-0.15, -0.1) is 0 Å². The molecule has 0 atom stereocenters. The number of fused-ring (bicyclic) bond motifs is 1. The molecule has 0 saturated heterocycles. The van der Waals surface area contributed by atoms with Gasteiger partial charge >= 0.3 is 0 Å². The molecule has 0 aliphatic rings. The molecule has 142 valence electrons. The number of nitrogens with one attached hydrogen (secondary N) is 1. The van der Waals surface area contributed by atoms with Gasteiger partial charge in [0.2, 0.25) is 0 Å². The molecule has 0 radical (unpaired) electrons. The second-order valence-corrected chi connectivity index (χ2v) is 7.88. The van der Waals surface area contributed by atoms with Gasteiger partial charge in [0, 0.05) is 28.8 Å². The van der Waals surface area contributed by atoms with Crippen LogP contribution >= 0.6 is 0 Å². The van der Waals surface area contributed by atoms with Crippen molar-refractivity contribution in [2.75, 3.05) is 5.32 Å². The van der Waals surface area contributed by atoms with Gasteiger partial charge in [-0.05, 0) is 36.8 Å². The highest BCUT2D eigenvalue weighted by Crippen LogP contribution is 2.27. The molecule has 1 aromatic carbocycles. The van der Waals surface area contributed by atoms with Crippen LogP contribution in [0.15, 0.2) is 59.4 Å². The van der Waals surface area contributed by atoms with E-state index in [1.54, 1.807) is 6.07 Å². The summed E-state index contributed by atoms with van der Waals surface area (Å²) in [7, 11) is 0. The molecule has 4 aromatic rings. The highest BCUT2D eigenvalue weighted by atomic mass is 16.5. The van der Waals surface area contributed by atoms with Gasteiger partial charge in [-0.1, -0.05) is 38.1 Å². The van der Waals surface area contributed by atoms with Crippen molar-refractivity contribution in [2.45, 2.75) is 33.1 Å². The third-order valence-electron chi connectivity index (χ3n) is 4.68. The fourth-order valence-electron chi connectivity index (χ4n) is 3.05. The second-order valence-electron chi connectivity index (χ2n) is 7.88. The van der Waals surface area contributed by atoms with Gasteiger partial charge < -0.3 is 9.84 Å². The minimum absolute atomic E-state index is 0.171. The number of hydrogen-bond donors (Lipinski definition) is 1. The van der Waals surface area contributed by atoms with Crippen LogP contribution in [0.2, 0.25) is 0 Å². The maximum Gasteiger partial charge on any atom is 0.256 e. The first kappa shape index (κ1) is 18.0. The summed E-state index contributed by atoms with van der Waals surface area (Å²) in [4.78, 5) is 17.2. The van der Waals surface area contributed by atoms with Gasteiger partial charge in [-0.3, -0.25) is 9.20 Å². The molecule has 0 aliphatic carbocycles. The number of amides is 1. The average Bonchev–Trinajstić information content (AvgIpc) is 3.29. The van der Waals surface area contributed by atoms with Crippen molar-refractivity contribution < 1.29 is 9.32 Å². The van der Waals surface area contributed by atoms with E-state index in [0.29, 0.717) is 11.4 Å². The van der Waals surface area contributed by atoms with Crippen molar-refractivity contribution in [3.63, 3.8) is 0 Å². The lowest BCUT2D eigenvalue weighted by Gasteiger charge is -2.12. The van der Waals surface area contributed by atoms with E-state index in [-0.39, 0.29) is 11.3 Å². The summed E-state index contributed by atoms with van der Waals surface area (Å²) in [5, 5.41) is 6.77. The first-order chi connectivity index (χ1) is 13.3. The molecule has 0 unspecified atom stereocenters. The fraction of sp³-hybridized carbons (Fsp3) is 0.227. The summed E-state index contributed by atoms with van der Waals surface area (Å²) in [6.07, 6.45) is 3.79. The number of anilines is 1. The number of imidazole rings is 1. The molecule has 0 saturated carbocycles. The van der Waals surface area contributed by atoms with Crippen molar-refractivity contribution in [1.82, 2.24) is 14.5 Å². The minimum Gasteiger partial charge on any atom is -0.359 e. The summed E-state index contributed by atoms with van der Waals surface area (Å²) < 4.78 is 7.35. The third kappa shape index (κ3) is 3.29. The summed E-state index contributed by atoms with van der Waals surface area (Å²) in [6, 6.07) is 13.3. The molecule has 0 aliphatic heterocycles. The third-order valence-corrected chi connectivity index (χ3v) is 4.68. The molecular weight excluding hydrogens is 352 g/mol. The number of nitrogens with zero attached hydrogens (tertiary/aromatic N) is 3. The van der Waals surface area contributed by atoms with Crippen molar-refractivity contribution in [3.05, 3.63) is 71.7 Å². The van der Waals surface area contributed by atoms with Crippen molar-refractivity contribution >= 4 is 17.4 Å². The number of hydrogen-bond acceptors (Lipinski definition) is 4. The molecule has 3 heterocycles. The Morgan fingerprint density at radius 1 is 1.14 bits per heavy atom. The normalized spacial score (nSPS) is 11.7. The number of aryl methyl sites for hydroxylation is 1. The van der Waals surface area contributed by atoms with E-state index in [1.807, 2.05) is 80.9 Å². The number of carbonyl (C=O) groups excluding carboxylic acids is 1. The van der Waals surface area contributed by atoms with Crippen LogP contribution in [-0.4, -0.2) is 20.4 Å². The minimum atomic E-state index is -0.233. The van der Waals surface area contributed by atoms with Crippen LogP contribution in [-0.2, 0) is 5.41 Å². The van der Waals surface area contributed by atoms with Crippen LogP contribution in [0.25, 0.3) is 16.9 Å². The Hall–Kier alpha value is -3.41. The number of pyridine rings is 1. The van der Waals surface area contributed by atoms with Gasteiger partial charge in [-0.25, -0.2) is 4.98 Å². The van der Waals surface area contributed by atoms with E-state index in [4.69, 9.17) is 4.52 Å². The van der Waals surface area contributed by atoms with E-state index in [1.165, 1.54) is 0 Å². The van der Waals surface area contributed by atoms with Gasteiger partial charge in [0.05, 0.1) is 11.9 Å². The molecule has 6 heteroatoms. The average molecular weight is 374 g/mol. The Balaban J connectivity index is 1.65. The van der Waals surface area contributed by atoms with Crippen molar-refractivity contribution in [3.8, 4) is 11.3 Å². The summed E-state index contributed by atoms with van der Waals surface area (Å²) in [5.74, 6) is 0.897. The molecule has 6 nitrogen and oxygen atoms in total. The Kier molecular flexibility index (Phi) is 4.26. The van der Waals surface area contributed by atoms with E-state index in [9.17, 15) is 4.79 Å². The smallest absolute Gasteiger partial charge is 0.256 e. The van der Waals surface area contributed by atoms with Crippen LogP contribution < -0.4 is 5.32 Å². The quantitative estimate of drug-likeness (QED) is 0.556. The van der Waals surface area contributed by atoms with E-state index >= 15 is 0 Å². The van der Waals surface area contributed by atoms with Crippen LogP contribution in [0.4, 0.5) is 5.82 Å². The Bertz CT molecular complexity index is 1160. The van der Waals surface area contributed by atoms with Crippen LogP contribution in [0.5, 0.6) is 0 Å². The lowest BCUT2D eigenvalue weighted by atomic mass is 9.93. The van der Waals surface area contributed by atoms with Gasteiger partial charge in [0.15, 0.2) is 5.82 Å². The monoisotopic (exact) mass is 374 g/mol. The first-order valence-electron chi connectivity index (χ1n) is 9.14. The molecule has 1 N–H and O–H groups in total. The zero-order valence-electron chi connectivity index (χ0n) is 16.4. The van der Waals surface area contributed by atoms with Crippen molar-refractivity contribution in [1.29, 1.82) is 0 Å². The molecule has 0 bridgehead atoms. The topological polar surface area (TPSA) is 72.4 Å². The van der Waals surface area contributed by atoms with Gasteiger partial charge in [-0.2, -0.15) is 0 Å². The SMILES string of the molecule is Cc1ccc(C(=O)Nc2cc(C(C)(C)C)on2)cc1-c1cnc2ccccn12. The summed E-state index contributed by atoms with van der Waals surface area (Å²) >= 11 is 0. The molecule has 0 spiro atoms. The highest BCUT2D eigenvalue weighted by Gasteiger charge is 2.21. The number of aromatic nitrogens is 3. The molecule has 4 rings (SSSR count). The molecular formula is C22H22N4O2. The molecule has 1 amide bonds. The number of carbonyl (C=O) groups is 1. The fourth-order valence-corrected chi connectivity index (χ4v) is 3.05. The predicted octanol–water partition coefficient (Wildman–Crippen LogP) is 4.85. The predicted molar refractivity (Wildman–Crippen MR) is 109 cm³/mol. The maximum atomic E-state index is 12.8. The summed E-state index contributed by atoms with van der Waals surface area (Å²) in [5.41, 5.74) is 4.21. The Labute approximate surface area is 163 Å². The van der Waals surface area contributed by atoms with Gasteiger partial charge in [0.25, 0.3) is 5.91 Å². The van der Waals surface area contributed by atoms with E-state index < -0.39 is 0 Å². The largest absolute Gasteiger partial charge is 0.359 e. The first-order valence-corrected chi connectivity index (χ1v) is 9.14. The standard InChI is InChI=1S/C22H22N4O2/c1-14-8-9-15(21(27)24-19-12-18(28-25-19)22(2,3)4)11-16(14)17-13-23-20-7-5-6-10-26(17)20/h5-13H,1-4H3,(H,24,25,27). The molecule has 0 fully saturated rings. The lowest BCUT2D eigenvalue weighted by Crippen LogP contribution is -2.13. The molecule has 3 aromatic heterocycles. The zero-order chi connectivity index (χ0) is 19.9. The van der Waals surface area contributed by atoms with E-state index in [2.05, 4.69) is 15.5 Å². The maximum absolute atomic E-state index is 12.8. The lowest BCUT2D eigenvalue weighted by molar-refractivity contribution is 0.102. The zero-order valence-corrected chi connectivity index (χ0v) is 16.4.